The number of aromatic nitrogens is 5. The van der Waals surface area contributed by atoms with Crippen molar-refractivity contribution in [2.24, 2.45) is 7.05 Å². The first-order chi connectivity index (χ1) is 13.7. The molecule has 11 heteroatoms. The molecule has 2 N–H and O–H groups in total. The summed E-state index contributed by atoms with van der Waals surface area (Å²) in [7, 11) is 1.29. The molecular formula is C18H17F3N6O2. The van der Waals surface area contributed by atoms with E-state index in [2.05, 4.69) is 20.5 Å². The number of carbonyl (C=O) groups is 1. The van der Waals surface area contributed by atoms with Crippen LogP contribution in [-0.2, 0) is 19.6 Å². The van der Waals surface area contributed by atoms with Crippen LogP contribution in [0, 0.1) is 0 Å². The number of aryl methyl sites for hydroxylation is 2. The normalized spacial score (nSPS) is 16.5. The minimum atomic E-state index is -4.62. The fourth-order valence-corrected chi connectivity index (χ4v) is 3.45. The molecule has 0 bridgehead atoms. The predicted molar refractivity (Wildman–Crippen MR) is 95.5 cm³/mol. The highest BCUT2D eigenvalue weighted by atomic mass is 19.4. The second kappa shape index (κ2) is 6.90. The van der Waals surface area contributed by atoms with Crippen LogP contribution in [0.2, 0.25) is 0 Å². The average Bonchev–Trinajstić information content (AvgIpc) is 3.26. The first-order valence-corrected chi connectivity index (χ1v) is 8.92. The van der Waals surface area contributed by atoms with E-state index in [9.17, 15) is 22.8 Å². The largest absolute Gasteiger partial charge is 0.435 e. The van der Waals surface area contributed by atoms with Gasteiger partial charge in [-0.05, 0) is 25.3 Å². The van der Waals surface area contributed by atoms with Crippen LogP contribution >= 0.6 is 0 Å². The Balaban J connectivity index is 1.60. The molecule has 1 amide bonds. The van der Waals surface area contributed by atoms with Gasteiger partial charge in [0.1, 0.15) is 5.69 Å². The molecule has 1 atom stereocenters. The van der Waals surface area contributed by atoms with Crippen LogP contribution in [0.4, 0.5) is 13.2 Å². The van der Waals surface area contributed by atoms with Crippen molar-refractivity contribution in [3.8, 4) is 5.69 Å². The molecule has 0 spiro atoms. The lowest BCUT2D eigenvalue weighted by Gasteiger charge is -2.22. The van der Waals surface area contributed by atoms with Crippen LogP contribution in [0.1, 0.15) is 46.3 Å². The summed E-state index contributed by atoms with van der Waals surface area (Å²) in [4.78, 5) is 26.7. The number of pyridine rings is 1. The van der Waals surface area contributed by atoms with Crippen LogP contribution in [0.5, 0.6) is 0 Å². The Hall–Kier alpha value is -3.37. The van der Waals surface area contributed by atoms with Crippen molar-refractivity contribution in [1.82, 2.24) is 29.9 Å². The van der Waals surface area contributed by atoms with E-state index in [1.165, 1.54) is 19.3 Å². The van der Waals surface area contributed by atoms with Gasteiger partial charge in [0.25, 0.3) is 5.91 Å². The van der Waals surface area contributed by atoms with Gasteiger partial charge in [0.05, 0.1) is 17.4 Å². The lowest BCUT2D eigenvalue weighted by molar-refractivity contribution is -0.141. The molecule has 0 fully saturated rings. The van der Waals surface area contributed by atoms with E-state index >= 15 is 0 Å². The summed E-state index contributed by atoms with van der Waals surface area (Å²) < 4.78 is 41.0. The SMILES string of the molecule is Cn1nc(C(F)(F)F)cc1C(=O)N[C@@H]1CCCc2nn(-c3cc[nH]c(=O)c3)cc21. The van der Waals surface area contributed by atoms with E-state index in [1.807, 2.05) is 0 Å². The van der Waals surface area contributed by atoms with Gasteiger partial charge in [-0.2, -0.15) is 23.4 Å². The molecule has 8 nitrogen and oxygen atoms in total. The van der Waals surface area contributed by atoms with Gasteiger partial charge in [-0.15, -0.1) is 0 Å². The van der Waals surface area contributed by atoms with E-state index in [4.69, 9.17) is 0 Å². The lowest BCUT2D eigenvalue weighted by Crippen LogP contribution is -2.31. The highest BCUT2D eigenvalue weighted by Gasteiger charge is 2.36. The molecule has 0 aromatic carbocycles. The summed E-state index contributed by atoms with van der Waals surface area (Å²) in [6, 6.07) is 3.44. The fraction of sp³-hybridized carbons (Fsp3) is 0.333. The molecule has 0 saturated carbocycles. The Morgan fingerprint density at radius 3 is 2.79 bits per heavy atom. The summed E-state index contributed by atoms with van der Waals surface area (Å²) in [6.07, 6.45) is 0.731. The maximum Gasteiger partial charge on any atom is 0.435 e. The molecule has 4 rings (SSSR count). The van der Waals surface area contributed by atoms with E-state index < -0.39 is 23.8 Å². The number of rotatable bonds is 3. The second-order valence-electron chi connectivity index (χ2n) is 6.84. The maximum absolute atomic E-state index is 12.8. The van der Waals surface area contributed by atoms with Crippen LogP contribution in [0.3, 0.4) is 0 Å². The van der Waals surface area contributed by atoms with Gasteiger partial charge < -0.3 is 10.3 Å². The zero-order valence-corrected chi connectivity index (χ0v) is 15.3. The number of carbonyl (C=O) groups excluding carboxylic acids is 1. The molecule has 0 unspecified atom stereocenters. The minimum Gasteiger partial charge on any atom is -0.344 e. The monoisotopic (exact) mass is 406 g/mol. The Morgan fingerprint density at radius 2 is 2.10 bits per heavy atom. The van der Waals surface area contributed by atoms with E-state index in [-0.39, 0.29) is 11.3 Å². The molecular weight excluding hydrogens is 389 g/mol. The van der Waals surface area contributed by atoms with Crippen molar-refractivity contribution in [2.75, 3.05) is 0 Å². The molecule has 3 aromatic rings. The summed E-state index contributed by atoms with van der Waals surface area (Å²) >= 11 is 0. The number of halogens is 3. The van der Waals surface area contributed by atoms with Crippen LogP contribution in [-0.4, -0.2) is 30.5 Å². The average molecular weight is 406 g/mol. The number of fused-ring (bicyclic) bond motifs is 1. The molecule has 152 valence electrons. The third-order valence-electron chi connectivity index (χ3n) is 4.84. The zero-order chi connectivity index (χ0) is 20.8. The van der Waals surface area contributed by atoms with Gasteiger partial charge in [-0.3, -0.25) is 14.3 Å². The second-order valence-corrected chi connectivity index (χ2v) is 6.84. The third-order valence-corrected chi connectivity index (χ3v) is 4.84. The van der Waals surface area contributed by atoms with Crippen molar-refractivity contribution in [2.45, 2.75) is 31.5 Å². The van der Waals surface area contributed by atoms with Crippen LogP contribution < -0.4 is 10.9 Å². The number of alkyl halides is 3. The Labute approximate surface area is 162 Å². The molecule has 1 aliphatic rings. The van der Waals surface area contributed by atoms with Gasteiger partial charge in [0.2, 0.25) is 5.56 Å². The number of hydrogen-bond acceptors (Lipinski definition) is 4. The van der Waals surface area contributed by atoms with Gasteiger partial charge in [-0.25, -0.2) is 4.68 Å². The first-order valence-electron chi connectivity index (χ1n) is 8.92. The first kappa shape index (κ1) is 19.0. The van der Waals surface area contributed by atoms with Crippen molar-refractivity contribution in [1.29, 1.82) is 0 Å². The minimum absolute atomic E-state index is 0.175. The van der Waals surface area contributed by atoms with E-state index in [1.54, 1.807) is 16.9 Å². The lowest BCUT2D eigenvalue weighted by atomic mass is 9.93. The number of amides is 1. The van der Waals surface area contributed by atoms with Crippen molar-refractivity contribution < 1.29 is 18.0 Å². The number of aromatic amines is 1. The van der Waals surface area contributed by atoms with Gasteiger partial charge in [0.15, 0.2) is 5.69 Å². The summed E-state index contributed by atoms with van der Waals surface area (Å²) in [5.74, 6) is -0.641. The number of hydrogen-bond donors (Lipinski definition) is 2. The van der Waals surface area contributed by atoms with Gasteiger partial charge in [-0.1, -0.05) is 0 Å². The maximum atomic E-state index is 12.8. The standard InChI is InChI=1S/C18H17F3N6O2/c1-26-14(8-15(25-26)18(19,20)21)17(29)23-12-3-2-4-13-11(12)9-27(24-13)10-5-6-22-16(28)7-10/h5-9,12H,2-4H2,1H3,(H,22,28)(H,23,29)/t12-/m1/s1. The molecule has 3 heterocycles. The summed E-state index contributed by atoms with van der Waals surface area (Å²) in [6.45, 7) is 0. The highest BCUT2D eigenvalue weighted by molar-refractivity contribution is 5.93. The zero-order valence-electron chi connectivity index (χ0n) is 15.3. The molecule has 0 aliphatic heterocycles. The number of nitrogens with zero attached hydrogens (tertiary/aromatic N) is 4. The predicted octanol–water partition coefficient (Wildman–Crippen LogP) is 2.12. The van der Waals surface area contributed by atoms with Gasteiger partial charge in [0, 0.05) is 37.1 Å². The Morgan fingerprint density at radius 1 is 1.31 bits per heavy atom. The summed E-state index contributed by atoms with van der Waals surface area (Å²) in [5.41, 5.74) is 0.584. The molecule has 1 aliphatic carbocycles. The van der Waals surface area contributed by atoms with E-state index in [0.717, 1.165) is 28.4 Å². The van der Waals surface area contributed by atoms with E-state index in [0.29, 0.717) is 18.5 Å². The molecule has 0 saturated heterocycles. The third kappa shape index (κ3) is 3.67. The molecule has 0 radical (unpaired) electrons. The van der Waals surface area contributed by atoms with Crippen LogP contribution in [0.25, 0.3) is 5.69 Å². The fourth-order valence-electron chi connectivity index (χ4n) is 3.45. The smallest absolute Gasteiger partial charge is 0.344 e. The van der Waals surface area contributed by atoms with Crippen LogP contribution in [0.15, 0.2) is 35.4 Å². The Kier molecular flexibility index (Phi) is 4.52. The highest BCUT2D eigenvalue weighted by Crippen LogP contribution is 2.31. The van der Waals surface area contributed by atoms with Crippen molar-refractivity contribution in [3.05, 3.63) is 63.6 Å². The number of nitrogens with one attached hydrogen (secondary N) is 2. The molecule has 29 heavy (non-hydrogen) atoms. The quantitative estimate of drug-likeness (QED) is 0.696. The summed E-state index contributed by atoms with van der Waals surface area (Å²) in [5, 5.41) is 10.7. The molecule has 3 aromatic heterocycles. The topological polar surface area (TPSA) is 97.6 Å². The number of H-pyrrole nitrogens is 1. The van der Waals surface area contributed by atoms with Crippen molar-refractivity contribution >= 4 is 5.91 Å². The van der Waals surface area contributed by atoms with Gasteiger partial charge >= 0.3 is 6.18 Å². The Bertz CT molecular complexity index is 1130. The van der Waals surface area contributed by atoms with Crippen molar-refractivity contribution in [3.63, 3.8) is 0 Å².